The number of anilines is 1. The highest BCUT2D eigenvalue weighted by Crippen LogP contribution is 2.28. The maximum absolute atomic E-state index is 12.7. The summed E-state index contributed by atoms with van der Waals surface area (Å²) in [5, 5.41) is 12.6. The van der Waals surface area contributed by atoms with Crippen molar-refractivity contribution in [1.82, 2.24) is 20.1 Å². The van der Waals surface area contributed by atoms with E-state index in [4.69, 9.17) is 0 Å². The lowest BCUT2D eigenvalue weighted by Gasteiger charge is -2.25. The van der Waals surface area contributed by atoms with Crippen LogP contribution in [0.2, 0.25) is 0 Å². The monoisotopic (exact) mass is 403 g/mol. The van der Waals surface area contributed by atoms with Crippen molar-refractivity contribution in [2.45, 2.75) is 58.4 Å². The number of nitrogens with zero attached hydrogens (tertiary/aromatic N) is 3. The Labute approximate surface area is 169 Å². The third-order valence-corrected chi connectivity index (χ3v) is 6.07. The molecule has 2 N–H and O–H groups in total. The molecule has 2 aromatic heterocycles. The van der Waals surface area contributed by atoms with Crippen LogP contribution in [-0.2, 0) is 11.8 Å². The van der Waals surface area contributed by atoms with E-state index < -0.39 is 0 Å². The first-order valence-corrected chi connectivity index (χ1v) is 10.9. The van der Waals surface area contributed by atoms with Gasteiger partial charge < -0.3 is 10.6 Å². The molecule has 2 amide bonds. The number of rotatable bonds is 7. The van der Waals surface area contributed by atoms with Gasteiger partial charge in [-0.2, -0.15) is 5.10 Å². The molecule has 0 aliphatic heterocycles. The van der Waals surface area contributed by atoms with Crippen LogP contribution in [0.5, 0.6) is 0 Å². The van der Waals surface area contributed by atoms with Gasteiger partial charge in [-0.1, -0.05) is 33.1 Å². The fourth-order valence-electron chi connectivity index (χ4n) is 3.58. The van der Waals surface area contributed by atoms with E-state index in [9.17, 15) is 9.59 Å². The Morgan fingerprint density at radius 1 is 1.29 bits per heavy atom. The summed E-state index contributed by atoms with van der Waals surface area (Å²) in [6, 6.07) is 1.58. The molecule has 0 saturated heterocycles. The van der Waals surface area contributed by atoms with Crippen LogP contribution in [-0.4, -0.2) is 26.6 Å². The van der Waals surface area contributed by atoms with Crippen LogP contribution >= 0.6 is 11.3 Å². The second-order valence-electron chi connectivity index (χ2n) is 7.89. The fraction of sp³-hybridized carbons (Fsp3) is 0.600. The van der Waals surface area contributed by atoms with Crippen molar-refractivity contribution in [2.24, 2.45) is 18.9 Å². The predicted molar refractivity (Wildman–Crippen MR) is 110 cm³/mol. The van der Waals surface area contributed by atoms with Crippen LogP contribution in [0.3, 0.4) is 0 Å². The number of aromatic nitrogens is 3. The van der Waals surface area contributed by atoms with Crippen LogP contribution in [0, 0.1) is 11.8 Å². The number of hydrogen-bond acceptors (Lipinski definition) is 5. The molecular formula is C20H29N5O2S. The molecule has 152 valence electrons. The SMILES string of the molecule is CC(C)C[C@H](NC(=O)C1CCCCC1)c1nc(C(=O)Nc2ccnn2C)cs1. The van der Waals surface area contributed by atoms with Crippen LogP contribution in [0.1, 0.15) is 73.9 Å². The van der Waals surface area contributed by atoms with Crippen LogP contribution in [0.4, 0.5) is 5.82 Å². The van der Waals surface area contributed by atoms with Crippen molar-refractivity contribution < 1.29 is 9.59 Å². The summed E-state index contributed by atoms with van der Waals surface area (Å²) in [5.41, 5.74) is 0.363. The average Bonchev–Trinajstić information content (AvgIpc) is 3.31. The number of thiazole rings is 1. The van der Waals surface area contributed by atoms with Crippen molar-refractivity contribution in [3.8, 4) is 0 Å². The minimum Gasteiger partial charge on any atom is -0.347 e. The van der Waals surface area contributed by atoms with E-state index >= 15 is 0 Å². The minimum atomic E-state index is -0.270. The van der Waals surface area contributed by atoms with Crippen LogP contribution in [0.25, 0.3) is 0 Å². The van der Waals surface area contributed by atoms with E-state index in [0.717, 1.165) is 37.1 Å². The van der Waals surface area contributed by atoms with E-state index in [2.05, 4.69) is 34.6 Å². The Balaban J connectivity index is 1.69. The van der Waals surface area contributed by atoms with Gasteiger partial charge in [-0.25, -0.2) is 4.98 Å². The summed E-state index contributed by atoms with van der Waals surface area (Å²) < 4.78 is 1.59. The summed E-state index contributed by atoms with van der Waals surface area (Å²) in [6.07, 6.45) is 7.84. The highest BCUT2D eigenvalue weighted by molar-refractivity contribution is 7.10. The number of nitrogens with one attached hydrogen (secondary N) is 2. The highest BCUT2D eigenvalue weighted by Gasteiger charge is 2.26. The molecule has 8 heteroatoms. The summed E-state index contributed by atoms with van der Waals surface area (Å²) in [6.45, 7) is 4.26. The first kappa shape index (κ1) is 20.5. The second kappa shape index (κ2) is 9.32. The molecule has 3 rings (SSSR count). The van der Waals surface area contributed by atoms with Crippen molar-refractivity contribution in [3.63, 3.8) is 0 Å². The minimum absolute atomic E-state index is 0.107. The zero-order valence-corrected chi connectivity index (χ0v) is 17.6. The normalized spacial score (nSPS) is 16.1. The van der Waals surface area contributed by atoms with Gasteiger partial charge in [0.05, 0.1) is 12.2 Å². The Morgan fingerprint density at radius 3 is 2.68 bits per heavy atom. The first-order chi connectivity index (χ1) is 13.4. The van der Waals surface area contributed by atoms with Gasteiger partial charge in [-0.15, -0.1) is 11.3 Å². The Bertz CT molecular complexity index is 807. The van der Waals surface area contributed by atoms with Gasteiger partial charge in [0.25, 0.3) is 5.91 Å². The third kappa shape index (κ3) is 5.19. The zero-order chi connectivity index (χ0) is 20.1. The molecule has 0 aromatic carbocycles. The van der Waals surface area contributed by atoms with E-state index in [1.165, 1.54) is 17.8 Å². The molecule has 7 nitrogen and oxygen atoms in total. The van der Waals surface area contributed by atoms with Gasteiger partial charge in [0.15, 0.2) is 0 Å². The average molecular weight is 404 g/mol. The third-order valence-electron chi connectivity index (χ3n) is 5.11. The summed E-state index contributed by atoms with van der Waals surface area (Å²) in [7, 11) is 1.77. The number of hydrogen-bond donors (Lipinski definition) is 2. The molecule has 1 atom stereocenters. The lowest BCUT2D eigenvalue weighted by Crippen LogP contribution is -2.35. The highest BCUT2D eigenvalue weighted by atomic mass is 32.1. The predicted octanol–water partition coefficient (Wildman–Crippen LogP) is 3.91. The Kier molecular flexibility index (Phi) is 6.83. The smallest absolute Gasteiger partial charge is 0.276 e. The number of aryl methyl sites for hydroxylation is 1. The molecule has 28 heavy (non-hydrogen) atoms. The first-order valence-electron chi connectivity index (χ1n) is 9.99. The van der Waals surface area contributed by atoms with Gasteiger partial charge in [-0.05, 0) is 25.2 Å². The van der Waals surface area contributed by atoms with Crippen molar-refractivity contribution in [3.05, 3.63) is 28.3 Å². The maximum atomic E-state index is 12.7. The van der Waals surface area contributed by atoms with Gasteiger partial charge in [0.1, 0.15) is 16.5 Å². The van der Waals surface area contributed by atoms with E-state index in [0.29, 0.717) is 17.4 Å². The molecule has 1 fully saturated rings. The van der Waals surface area contributed by atoms with E-state index in [-0.39, 0.29) is 23.8 Å². The molecular weight excluding hydrogens is 374 g/mol. The molecule has 1 aliphatic rings. The van der Waals surface area contributed by atoms with Crippen molar-refractivity contribution >= 4 is 29.0 Å². The number of carbonyl (C=O) groups is 2. The van der Waals surface area contributed by atoms with Gasteiger partial charge in [0, 0.05) is 24.4 Å². The molecule has 1 aliphatic carbocycles. The maximum Gasteiger partial charge on any atom is 0.276 e. The van der Waals surface area contributed by atoms with Crippen molar-refractivity contribution in [1.29, 1.82) is 0 Å². The van der Waals surface area contributed by atoms with Gasteiger partial charge in [-0.3, -0.25) is 14.3 Å². The molecule has 0 bridgehead atoms. The second-order valence-corrected chi connectivity index (χ2v) is 8.78. The molecule has 0 unspecified atom stereocenters. The largest absolute Gasteiger partial charge is 0.347 e. The molecule has 2 heterocycles. The van der Waals surface area contributed by atoms with Gasteiger partial charge >= 0.3 is 0 Å². The molecule has 0 spiro atoms. The van der Waals surface area contributed by atoms with Crippen LogP contribution in [0.15, 0.2) is 17.6 Å². The summed E-state index contributed by atoms with van der Waals surface area (Å²) in [4.78, 5) is 29.8. The topological polar surface area (TPSA) is 88.9 Å². The lowest BCUT2D eigenvalue weighted by molar-refractivity contribution is -0.126. The fourth-order valence-corrected chi connectivity index (χ4v) is 4.44. The zero-order valence-electron chi connectivity index (χ0n) is 16.8. The van der Waals surface area contributed by atoms with E-state index in [1.54, 1.807) is 29.4 Å². The number of amides is 2. The summed E-state index contributed by atoms with van der Waals surface area (Å²) in [5.74, 6) is 0.988. The standard InChI is InChI=1S/C20H29N5O2S/c1-13(2)11-15(22-18(26)14-7-5-4-6-8-14)20-23-16(12-28-20)19(27)24-17-9-10-21-25(17)3/h9-10,12-15H,4-8,11H2,1-3H3,(H,22,26)(H,24,27)/t15-/m0/s1. The van der Waals surface area contributed by atoms with E-state index in [1.807, 2.05) is 0 Å². The molecule has 1 saturated carbocycles. The van der Waals surface area contributed by atoms with Gasteiger partial charge in [0.2, 0.25) is 5.91 Å². The molecule has 2 aromatic rings. The summed E-state index contributed by atoms with van der Waals surface area (Å²) >= 11 is 1.42. The number of carbonyl (C=O) groups excluding carboxylic acids is 2. The quantitative estimate of drug-likeness (QED) is 0.733. The molecule has 0 radical (unpaired) electrons. The lowest BCUT2D eigenvalue weighted by atomic mass is 9.88. The Hall–Kier alpha value is -2.22. The van der Waals surface area contributed by atoms with Crippen LogP contribution < -0.4 is 10.6 Å². The Morgan fingerprint density at radius 2 is 2.04 bits per heavy atom. The van der Waals surface area contributed by atoms with Crippen molar-refractivity contribution in [2.75, 3.05) is 5.32 Å².